The Morgan fingerprint density at radius 1 is 1.21 bits per heavy atom. The minimum Gasteiger partial charge on any atom is -0.496 e. The summed E-state index contributed by atoms with van der Waals surface area (Å²) in [7, 11) is 1.73. The van der Waals surface area contributed by atoms with Gasteiger partial charge in [0.15, 0.2) is 0 Å². The molecule has 0 aliphatic rings. The quantitative estimate of drug-likeness (QED) is 0.688. The molecule has 0 aromatic heterocycles. The van der Waals surface area contributed by atoms with Crippen LogP contribution in [0.3, 0.4) is 0 Å². The molecule has 0 radical (unpaired) electrons. The highest BCUT2D eigenvalue weighted by Gasteiger charge is 2.14. The Hall–Kier alpha value is -0.540. The van der Waals surface area contributed by atoms with Gasteiger partial charge in [-0.3, -0.25) is 0 Å². The van der Waals surface area contributed by atoms with Gasteiger partial charge in [-0.15, -0.1) is 0 Å². The highest BCUT2D eigenvalue weighted by molar-refractivity contribution is 9.09. The second-order valence-corrected chi connectivity index (χ2v) is 6.43. The van der Waals surface area contributed by atoms with E-state index < -0.39 is 0 Å². The molecule has 1 rings (SSSR count). The fourth-order valence-electron chi connectivity index (χ4n) is 1.95. The van der Waals surface area contributed by atoms with Crippen LogP contribution in [-0.2, 0) is 11.2 Å². The van der Waals surface area contributed by atoms with Crippen molar-refractivity contribution >= 4 is 15.9 Å². The zero-order valence-electron chi connectivity index (χ0n) is 12.4. The van der Waals surface area contributed by atoms with Gasteiger partial charge in [-0.25, -0.2) is 0 Å². The van der Waals surface area contributed by atoms with Crippen LogP contribution in [0, 0.1) is 5.92 Å². The molecule has 0 saturated heterocycles. The van der Waals surface area contributed by atoms with Gasteiger partial charge in [-0.05, 0) is 51.2 Å². The first-order chi connectivity index (χ1) is 8.96. The summed E-state index contributed by atoms with van der Waals surface area (Å²) in [5, 5.41) is 0.985. The predicted octanol–water partition coefficient (Wildman–Crippen LogP) is 4.45. The normalized spacial score (nSPS) is 13.3. The van der Waals surface area contributed by atoms with Gasteiger partial charge < -0.3 is 9.47 Å². The number of para-hydroxylation sites is 1. The van der Waals surface area contributed by atoms with Gasteiger partial charge in [0.25, 0.3) is 0 Å². The van der Waals surface area contributed by atoms with Crippen LogP contribution >= 0.6 is 15.9 Å². The molecule has 1 aromatic rings. The average molecular weight is 329 g/mol. The maximum Gasteiger partial charge on any atom is 0.122 e. The van der Waals surface area contributed by atoms with Crippen LogP contribution in [0.2, 0.25) is 0 Å². The Kier molecular flexibility index (Phi) is 6.87. The number of benzene rings is 1. The molecule has 3 heteroatoms. The lowest BCUT2D eigenvalue weighted by molar-refractivity contribution is -0.00823. The lowest BCUT2D eigenvalue weighted by Gasteiger charge is -2.22. The van der Waals surface area contributed by atoms with E-state index in [4.69, 9.17) is 9.47 Å². The summed E-state index contributed by atoms with van der Waals surface area (Å²) in [4.78, 5) is 0. The van der Waals surface area contributed by atoms with E-state index in [1.165, 1.54) is 5.56 Å². The van der Waals surface area contributed by atoms with Crippen molar-refractivity contribution in [2.24, 2.45) is 5.92 Å². The van der Waals surface area contributed by atoms with Gasteiger partial charge in [0.05, 0.1) is 12.7 Å². The number of rotatable bonds is 7. The summed E-state index contributed by atoms with van der Waals surface area (Å²) in [6, 6.07) is 8.23. The van der Waals surface area contributed by atoms with Gasteiger partial charge in [-0.1, -0.05) is 34.1 Å². The third-order valence-electron chi connectivity index (χ3n) is 2.98. The van der Waals surface area contributed by atoms with E-state index in [1.54, 1.807) is 7.11 Å². The van der Waals surface area contributed by atoms with Crippen LogP contribution in [-0.4, -0.2) is 24.6 Å². The van der Waals surface area contributed by atoms with Crippen molar-refractivity contribution in [3.05, 3.63) is 29.8 Å². The zero-order valence-corrected chi connectivity index (χ0v) is 14.0. The fourth-order valence-corrected chi connectivity index (χ4v) is 2.50. The Morgan fingerprint density at radius 2 is 1.89 bits per heavy atom. The molecule has 0 heterocycles. The average Bonchev–Trinajstić information content (AvgIpc) is 2.36. The van der Waals surface area contributed by atoms with Crippen molar-refractivity contribution in [2.75, 3.05) is 19.0 Å². The standard InChI is InChI=1S/C16H25BrO2/c1-16(2,3)19-10-9-13(12-17)11-14-7-5-6-8-15(14)18-4/h5-8,13H,9-12H2,1-4H3. The molecule has 0 N–H and O–H groups in total. The minimum atomic E-state index is -0.0543. The third kappa shape index (κ3) is 6.44. The number of ether oxygens (including phenoxy) is 2. The van der Waals surface area contributed by atoms with Crippen molar-refractivity contribution in [2.45, 2.75) is 39.2 Å². The van der Waals surface area contributed by atoms with Crippen molar-refractivity contribution in [1.82, 2.24) is 0 Å². The van der Waals surface area contributed by atoms with E-state index in [9.17, 15) is 0 Å². The molecule has 0 aliphatic carbocycles. The van der Waals surface area contributed by atoms with E-state index in [1.807, 2.05) is 12.1 Å². The molecule has 0 amide bonds. The number of halogens is 1. The van der Waals surface area contributed by atoms with E-state index in [0.29, 0.717) is 5.92 Å². The molecule has 19 heavy (non-hydrogen) atoms. The van der Waals surface area contributed by atoms with Crippen molar-refractivity contribution in [1.29, 1.82) is 0 Å². The topological polar surface area (TPSA) is 18.5 Å². The van der Waals surface area contributed by atoms with E-state index >= 15 is 0 Å². The van der Waals surface area contributed by atoms with Gasteiger partial charge in [-0.2, -0.15) is 0 Å². The smallest absolute Gasteiger partial charge is 0.122 e. The first kappa shape index (κ1) is 16.5. The Labute approximate surface area is 125 Å². The summed E-state index contributed by atoms with van der Waals surface area (Å²) >= 11 is 3.60. The molecule has 0 saturated carbocycles. The summed E-state index contributed by atoms with van der Waals surface area (Å²) in [5.74, 6) is 1.55. The third-order valence-corrected chi connectivity index (χ3v) is 3.90. The molecule has 0 bridgehead atoms. The molecule has 0 aliphatic heterocycles. The summed E-state index contributed by atoms with van der Waals surface area (Å²) in [5.41, 5.74) is 1.21. The van der Waals surface area contributed by atoms with Gasteiger partial charge in [0, 0.05) is 11.9 Å². The van der Waals surface area contributed by atoms with Gasteiger partial charge >= 0.3 is 0 Å². The van der Waals surface area contributed by atoms with Crippen molar-refractivity contribution < 1.29 is 9.47 Å². The molecule has 1 aromatic carbocycles. The summed E-state index contributed by atoms with van der Waals surface area (Å²) in [6.45, 7) is 7.08. The second kappa shape index (κ2) is 7.91. The molecule has 1 unspecified atom stereocenters. The van der Waals surface area contributed by atoms with Crippen LogP contribution in [0.25, 0.3) is 0 Å². The first-order valence-electron chi connectivity index (χ1n) is 6.78. The van der Waals surface area contributed by atoms with Crippen LogP contribution in [0.1, 0.15) is 32.8 Å². The minimum absolute atomic E-state index is 0.0543. The molecule has 0 spiro atoms. The maximum absolute atomic E-state index is 5.80. The SMILES string of the molecule is COc1ccccc1CC(CBr)CCOC(C)(C)C. The van der Waals surface area contributed by atoms with E-state index in [0.717, 1.165) is 30.5 Å². The largest absolute Gasteiger partial charge is 0.496 e. The molecule has 0 fully saturated rings. The van der Waals surface area contributed by atoms with Crippen LogP contribution < -0.4 is 4.74 Å². The van der Waals surface area contributed by atoms with Gasteiger partial charge in [0.1, 0.15) is 5.75 Å². The highest BCUT2D eigenvalue weighted by Crippen LogP contribution is 2.23. The van der Waals surface area contributed by atoms with Crippen molar-refractivity contribution in [3.8, 4) is 5.75 Å². The Balaban J connectivity index is 2.52. The van der Waals surface area contributed by atoms with Crippen molar-refractivity contribution in [3.63, 3.8) is 0 Å². The number of alkyl halides is 1. The number of hydrogen-bond acceptors (Lipinski definition) is 2. The van der Waals surface area contributed by atoms with Gasteiger partial charge in [0.2, 0.25) is 0 Å². The lowest BCUT2D eigenvalue weighted by Crippen LogP contribution is -2.21. The van der Waals surface area contributed by atoms with E-state index in [2.05, 4.69) is 48.8 Å². The van der Waals surface area contributed by atoms with E-state index in [-0.39, 0.29) is 5.60 Å². The van der Waals surface area contributed by atoms with Crippen LogP contribution in [0.4, 0.5) is 0 Å². The zero-order chi connectivity index (χ0) is 14.3. The molecule has 2 nitrogen and oxygen atoms in total. The molecule has 108 valence electrons. The van der Waals surface area contributed by atoms with Crippen LogP contribution in [0.15, 0.2) is 24.3 Å². The van der Waals surface area contributed by atoms with Crippen LogP contribution in [0.5, 0.6) is 5.75 Å². The maximum atomic E-state index is 5.80. The fraction of sp³-hybridized carbons (Fsp3) is 0.625. The Morgan fingerprint density at radius 3 is 2.47 bits per heavy atom. The molecular formula is C16H25BrO2. The summed E-state index contributed by atoms with van der Waals surface area (Å²) < 4.78 is 11.2. The molecular weight excluding hydrogens is 304 g/mol. The predicted molar refractivity (Wildman–Crippen MR) is 84.3 cm³/mol. The summed E-state index contributed by atoms with van der Waals surface area (Å²) in [6.07, 6.45) is 2.07. The number of methoxy groups -OCH3 is 1. The number of hydrogen-bond donors (Lipinski definition) is 0. The monoisotopic (exact) mass is 328 g/mol. The Bertz CT molecular complexity index is 371. The highest BCUT2D eigenvalue weighted by atomic mass is 79.9. The molecule has 1 atom stereocenters. The lowest BCUT2D eigenvalue weighted by atomic mass is 9.97. The first-order valence-corrected chi connectivity index (χ1v) is 7.90. The second-order valence-electron chi connectivity index (χ2n) is 5.79.